The van der Waals surface area contributed by atoms with Crippen molar-refractivity contribution >= 4 is 119 Å². The summed E-state index contributed by atoms with van der Waals surface area (Å²) in [5.41, 5.74) is 15.6. The first kappa shape index (κ1) is 43.0. The van der Waals surface area contributed by atoms with E-state index in [1.807, 2.05) is 0 Å². The highest BCUT2D eigenvalue weighted by molar-refractivity contribution is 6.26. The van der Waals surface area contributed by atoms with Crippen molar-refractivity contribution in [3.63, 3.8) is 0 Å². The number of furan rings is 2. The molecule has 0 spiro atoms. The van der Waals surface area contributed by atoms with Gasteiger partial charge in [-0.25, -0.2) is 0 Å². The summed E-state index contributed by atoms with van der Waals surface area (Å²) in [5.74, 6) is 0. The summed E-state index contributed by atoms with van der Waals surface area (Å²) in [4.78, 5) is 0. The molecule has 0 N–H and O–H groups in total. The molecule has 2 heteroatoms. The Morgan fingerprint density at radius 1 is 0.167 bits per heavy atom. The topological polar surface area (TPSA) is 26.3 Å². The number of rotatable bonds is 5. The van der Waals surface area contributed by atoms with Crippen LogP contribution in [0.25, 0.3) is 175 Å². The molecule has 2 heterocycles. The first-order valence-corrected chi connectivity index (χ1v) is 26.9. The van der Waals surface area contributed by atoms with E-state index < -0.39 is 0 Å². The molecule has 0 aliphatic rings. The zero-order valence-corrected chi connectivity index (χ0v) is 42.2. The average Bonchev–Trinajstić information content (AvgIpc) is 4.18. The fraction of sp³-hybridized carbons (Fsp3) is 0. The Balaban J connectivity index is 0.784. The molecule has 0 atom stereocenters. The summed E-state index contributed by atoms with van der Waals surface area (Å²) in [5, 5.41) is 21.5. The van der Waals surface area contributed by atoms with Crippen LogP contribution in [-0.2, 0) is 0 Å². The van der Waals surface area contributed by atoms with Crippen molar-refractivity contribution in [2.75, 3.05) is 0 Å². The average molecular weight is 989 g/mol. The summed E-state index contributed by atoms with van der Waals surface area (Å²) in [7, 11) is 0. The molecule has 0 radical (unpaired) electrons. The van der Waals surface area contributed by atoms with Crippen LogP contribution in [0.1, 0.15) is 0 Å². The molecule has 2 aromatic heterocycles. The van der Waals surface area contributed by atoms with E-state index in [1.165, 1.54) is 115 Å². The largest absolute Gasteiger partial charge is 0.456 e. The highest BCUT2D eigenvalue weighted by Gasteiger charge is 2.22. The zero-order chi connectivity index (χ0) is 51.0. The Bertz CT molecular complexity index is 5270. The number of benzene rings is 15. The van der Waals surface area contributed by atoms with Gasteiger partial charge in [-0.05, 0) is 186 Å². The maximum Gasteiger partial charge on any atom is 0.136 e. The van der Waals surface area contributed by atoms with Gasteiger partial charge in [-0.2, -0.15) is 0 Å². The molecule has 17 rings (SSSR count). The van der Waals surface area contributed by atoms with Gasteiger partial charge in [0.2, 0.25) is 0 Å². The second kappa shape index (κ2) is 16.6. The molecule has 0 bridgehead atoms. The van der Waals surface area contributed by atoms with Gasteiger partial charge in [0, 0.05) is 21.5 Å². The number of fused-ring (bicyclic) bond motifs is 13. The minimum absolute atomic E-state index is 0.883. The lowest BCUT2D eigenvalue weighted by atomic mass is 9.83. The summed E-state index contributed by atoms with van der Waals surface area (Å²) < 4.78 is 13.4. The first-order valence-electron chi connectivity index (χ1n) is 26.9. The predicted octanol–water partition coefficient (Wildman–Crippen LogP) is 21.9. The Morgan fingerprint density at radius 2 is 0.526 bits per heavy atom. The van der Waals surface area contributed by atoms with Crippen LogP contribution in [0.4, 0.5) is 0 Å². The van der Waals surface area contributed by atoms with E-state index in [9.17, 15) is 0 Å². The van der Waals surface area contributed by atoms with Crippen molar-refractivity contribution in [1.29, 1.82) is 0 Å². The van der Waals surface area contributed by atoms with Gasteiger partial charge in [0.1, 0.15) is 22.3 Å². The fourth-order valence-corrected chi connectivity index (χ4v) is 13.3. The third kappa shape index (κ3) is 6.38. The third-order valence-corrected chi connectivity index (χ3v) is 16.8. The summed E-state index contributed by atoms with van der Waals surface area (Å²) >= 11 is 0. The summed E-state index contributed by atoms with van der Waals surface area (Å²) in [6, 6.07) is 97.8. The fourth-order valence-electron chi connectivity index (χ4n) is 13.3. The lowest BCUT2D eigenvalue weighted by Crippen LogP contribution is -1.92. The highest BCUT2D eigenvalue weighted by Crippen LogP contribution is 2.49. The Hall–Kier alpha value is -10.3. The van der Waals surface area contributed by atoms with Crippen molar-refractivity contribution in [2.24, 2.45) is 0 Å². The Kier molecular flexibility index (Phi) is 9.16. The second-order valence-electron chi connectivity index (χ2n) is 21.0. The van der Waals surface area contributed by atoms with Crippen LogP contribution in [0.3, 0.4) is 0 Å². The maximum absolute atomic E-state index is 6.80. The Morgan fingerprint density at radius 3 is 1.04 bits per heavy atom. The molecule has 17 aromatic rings. The van der Waals surface area contributed by atoms with Crippen molar-refractivity contribution < 1.29 is 8.83 Å². The third-order valence-electron chi connectivity index (χ3n) is 16.8. The molecule has 0 unspecified atom stereocenters. The molecular formula is C76H44O2. The number of hydrogen-bond donors (Lipinski definition) is 0. The molecule has 0 saturated carbocycles. The van der Waals surface area contributed by atoms with Gasteiger partial charge in [-0.3, -0.25) is 0 Å². The molecule has 78 heavy (non-hydrogen) atoms. The van der Waals surface area contributed by atoms with E-state index in [-0.39, 0.29) is 0 Å². The van der Waals surface area contributed by atoms with E-state index in [1.54, 1.807) is 0 Å². The summed E-state index contributed by atoms with van der Waals surface area (Å²) in [6.45, 7) is 0. The predicted molar refractivity (Wildman–Crippen MR) is 331 cm³/mol. The Labute approximate surface area is 448 Å². The van der Waals surface area contributed by atoms with Crippen molar-refractivity contribution in [1.82, 2.24) is 0 Å². The van der Waals surface area contributed by atoms with Gasteiger partial charge in [-0.1, -0.05) is 212 Å². The summed E-state index contributed by atoms with van der Waals surface area (Å²) in [6.07, 6.45) is 0. The molecule has 360 valence electrons. The van der Waals surface area contributed by atoms with E-state index in [2.05, 4.69) is 267 Å². The van der Waals surface area contributed by atoms with Gasteiger partial charge >= 0.3 is 0 Å². The first-order chi connectivity index (χ1) is 38.7. The van der Waals surface area contributed by atoms with Gasteiger partial charge in [0.15, 0.2) is 0 Å². The number of hydrogen-bond acceptors (Lipinski definition) is 2. The molecule has 15 aromatic carbocycles. The van der Waals surface area contributed by atoms with Crippen molar-refractivity contribution in [2.45, 2.75) is 0 Å². The minimum atomic E-state index is 0.883. The normalized spacial score (nSPS) is 12.1. The monoisotopic (exact) mass is 988 g/mol. The molecule has 2 nitrogen and oxygen atoms in total. The second-order valence-corrected chi connectivity index (χ2v) is 21.0. The van der Waals surface area contributed by atoms with E-state index >= 15 is 0 Å². The molecule has 0 saturated heterocycles. The van der Waals surface area contributed by atoms with E-state index in [0.29, 0.717) is 0 Å². The molecule has 0 fully saturated rings. The van der Waals surface area contributed by atoms with Gasteiger partial charge < -0.3 is 8.83 Å². The zero-order valence-electron chi connectivity index (χ0n) is 42.2. The van der Waals surface area contributed by atoms with Crippen LogP contribution in [-0.4, -0.2) is 0 Å². The van der Waals surface area contributed by atoms with Crippen LogP contribution in [0, 0.1) is 0 Å². The quantitative estimate of drug-likeness (QED) is 0.161. The SMILES string of the molecule is c1ccc(-c2c3ccccc3c(-c3ccc4c(c3)oc3cc5ccc(-c6ccc(-c7c8ccccc8c(-c8ccc9c(c8)oc8cc%10ccccc%10cc89)c8ccccc78)c7ccccc67)cc5cc34)c3ccccc23)cc1. The standard InChI is InChI=1S/C76H44O2/c1-2-16-45(17-3-1)73-58-22-8-10-24-60(58)74(61-25-11-9-23-59(61)73)50-33-35-57-68-40-52-38-49(31-30-48(52)42-72(68)78-70(57)43-50)53-36-37-66(55-21-7-6-20-54(53)55)76-64-28-14-12-26-62(64)75(63-27-13-15-29-65(63)76)51-32-34-56-67-39-46-18-4-5-19-47(46)41-71(67)77-69(56)44-51/h1-44H. The molecule has 0 amide bonds. The molecular weight excluding hydrogens is 945 g/mol. The van der Waals surface area contributed by atoms with E-state index in [4.69, 9.17) is 8.83 Å². The van der Waals surface area contributed by atoms with Crippen LogP contribution < -0.4 is 0 Å². The van der Waals surface area contributed by atoms with Gasteiger partial charge in [-0.15, -0.1) is 0 Å². The van der Waals surface area contributed by atoms with Gasteiger partial charge in [0.25, 0.3) is 0 Å². The van der Waals surface area contributed by atoms with Crippen LogP contribution >= 0.6 is 0 Å². The lowest BCUT2D eigenvalue weighted by molar-refractivity contribution is 0.669. The van der Waals surface area contributed by atoms with Crippen molar-refractivity contribution in [3.8, 4) is 55.6 Å². The lowest BCUT2D eigenvalue weighted by Gasteiger charge is -2.19. The minimum Gasteiger partial charge on any atom is -0.456 e. The molecule has 0 aliphatic heterocycles. The van der Waals surface area contributed by atoms with Crippen LogP contribution in [0.2, 0.25) is 0 Å². The maximum atomic E-state index is 6.80. The van der Waals surface area contributed by atoms with Gasteiger partial charge in [0.05, 0.1) is 0 Å². The van der Waals surface area contributed by atoms with E-state index in [0.717, 1.165) is 60.4 Å². The highest BCUT2D eigenvalue weighted by atomic mass is 16.3. The van der Waals surface area contributed by atoms with Crippen molar-refractivity contribution in [3.05, 3.63) is 267 Å². The van der Waals surface area contributed by atoms with Crippen LogP contribution in [0.5, 0.6) is 0 Å². The van der Waals surface area contributed by atoms with Crippen LogP contribution in [0.15, 0.2) is 276 Å². The smallest absolute Gasteiger partial charge is 0.136 e. The molecule has 0 aliphatic carbocycles.